The summed E-state index contributed by atoms with van der Waals surface area (Å²) in [5, 5.41) is 0. The van der Waals surface area contributed by atoms with Crippen LogP contribution in [0, 0.1) is 5.92 Å². The van der Waals surface area contributed by atoms with Crippen LogP contribution in [-0.2, 0) is 4.74 Å². The molecule has 4 aliphatic rings. The second-order valence-corrected chi connectivity index (χ2v) is 7.52. The number of ether oxygens (including phenoxy) is 1. The van der Waals surface area contributed by atoms with Crippen LogP contribution in [0.15, 0.2) is 48.7 Å². The minimum absolute atomic E-state index is 0.125. The molecule has 0 radical (unpaired) electrons. The topological polar surface area (TPSA) is 54.6 Å². The number of nitrogens with two attached hydrogens (primary N) is 1. The SMILES string of the molecule is NC1OC2(CN3CCC2CC3)CN1c1cc(-c2ccccc2)ccn1. The van der Waals surface area contributed by atoms with Gasteiger partial charge >= 0.3 is 0 Å². The zero-order chi connectivity index (χ0) is 16.9. The maximum absolute atomic E-state index is 6.38. The van der Waals surface area contributed by atoms with Crippen molar-refractivity contribution in [1.82, 2.24) is 9.88 Å². The van der Waals surface area contributed by atoms with Crippen LogP contribution < -0.4 is 10.6 Å². The Balaban J connectivity index is 1.44. The third-order valence-electron chi connectivity index (χ3n) is 6.07. The van der Waals surface area contributed by atoms with Gasteiger partial charge in [-0.2, -0.15) is 0 Å². The van der Waals surface area contributed by atoms with Crippen LogP contribution in [0.5, 0.6) is 0 Å². The highest BCUT2D eigenvalue weighted by Gasteiger charge is 2.54. The van der Waals surface area contributed by atoms with E-state index in [9.17, 15) is 0 Å². The van der Waals surface area contributed by atoms with Crippen LogP contribution in [0.25, 0.3) is 11.1 Å². The predicted octanol–water partition coefficient (Wildman–Crippen LogP) is 2.29. The van der Waals surface area contributed by atoms with Gasteiger partial charge < -0.3 is 14.5 Å². The van der Waals surface area contributed by atoms with Crippen molar-refractivity contribution in [2.24, 2.45) is 11.7 Å². The van der Waals surface area contributed by atoms with Crippen molar-refractivity contribution in [3.8, 4) is 11.1 Å². The highest BCUT2D eigenvalue weighted by molar-refractivity contribution is 5.66. The summed E-state index contributed by atoms with van der Waals surface area (Å²) < 4.78 is 6.36. The Kier molecular flexibility index (Phi) is 3.55. The van der Waals surface area contributed by atoms with E-state index in [0.29, 0.717) is 5.92 Å². The van der Waals surface area contributed by atoms with Crippen LogP contribution in [0.1, 0.15) is 12.8 Å². The van der Waals surface area contributed by atoms with E-state index >= 15 is 0 Å². The number of nitrogens with zero attached hydrogens (tertiary/aromatic N) is 3. The highest BCUT2D eigenvalue weighted by Crippen LogP contribution is 2.43. The van der Waals surface area contributed by atoms with Crippen molar-refractivity contribution < 1.29 is 4.74 Å². The van der Waals surface area contributed by atoms with E-state index in [1.54, 1.807) is 0 Å². The molecule has 2 unspecified atom stereocenters. The monoisotopic (exact) mass is 336 g/mol. The molecule has 2 aromatic rings. The van der Waals surface area contributed by atoms with Gasteiger partial charge in [-0.3, -0.25) is 5.73 Å². The minimum Gasteiger partial charge on any atom is -0.335 e. The number of piperidine rings is 3. The standard InChI is InChI=1S/C20H24N4O/c21-19-24(14-20(25-19)13-23-10-7-17(20)8-11-23)18-12-16(6-9-22-18)15-4-2-1-3-5-15/h1-6,9,12,17,19H,7-8,10-11,13-14,21H2. The molecule has 6 rings (SSSR count). The molecule has 2 bridgehead atoms. The van der Waals surface area contributed by atoms with E-state index in [1.165, 1.54) is 31.5 Å². The number of hydrogen-bond donors (Lipinski definition) is 1. The van der Waals surface area contributed by atoms with Gasteiger partial charge in [-0.1, -0.05) is 30.3 Å². The first-order chi connectivity index (χ1) is 12.2. The summed E-state index contributed by atoms with van der Waals surface area (Å²) >= 11 is 0. The summed E-state index contributed by atoms with van der Waals surface area (Å²) in [5.74, 6) is 1.52. The second kappa shape index (κ2) is 5.80. The first-order valence-corrected chi connectivity index (χ1v) is 9.17. The van der Waals surface area contributed by atoms with E-state index in [2.05, 4.69) is 45.1 Å². The summed E-state index contributed by atoms with van der Waals surface area (Å²) in [5.41, 5.74) is 8.61. The van der Waals surface area contributed by atoms with E-state index in [-0.39, 0.29) is 5.60 Å². The Bertz CT molecular complexity index is 759. The molecule has 130 valence electrons. The zero-order valence-corrected chi connectivity index (χ0v) is 14.3. The van der Waals surface area contributed by atoms with E-state index in [1.807, 2.05) is 18.3 Å². The number of benzene rings is 1. The lowest BCUT2D eigenvalue weighted by Crippen LogP contribution is -2.61. The average molecular weight is 336 g/mol. The highest BCUT2D eigenvalue weighted by atomic mass is 16.6. The predicted molar refractivity (Wildman–Crippen MR) is 98.0 cm³/mol. The number of hydrogen-bond acceptors (Lipinski definition) is 5. The number of aromatic nitrogens is 1. The number of fused-ring (bicyclic) bond motifs is 2. The first kappa shape index (κ1) is 15.3. The zero-order valence-electron chi connectivity index (χ0n) is 14.3. The Hall–Kier alpha value is -1.95. The summed E-state index contributed by atoms with van der Waals surface area (Å²) in [6.07, 6.45) is 3.89. The number of rotatable bonds is 2. The van der Waals surface area contributed by atoms with Crippen molar-refractivity contribution in [3.63, 3.8) is 0 Å². The minimum atomic E-state index is -0.418. The van der Waals surface area contributed by atoms with Gasteiger partial charge in [-0.15, -0.1) is 0 Å². The number of anilines is 1. The largest absolute Gasteiger partial charge is 0.335 e. The van der Waals surface area contributed by atoms with Crippen LogP contribution in [0.4, 0.5) is 5.82 Å². The van der Waals surface area contributed by atoms with Crippen molar-refractivity contribution in [3.05, 3.63) is 48.7 Å². The molecule has 0 amide bonds. The molecule has 5 heterocycles. The Labute approximate surface area is 148 Å². The molecule has 2 atom stereocenters. The van der Waals surface area contributed by atoms with Gasteiger partial charge in [0.25, 0.3) is 0 Å². The fraction of sp³-hybridized carbons (Fsp3) is 0.450. The molecule has 5 nitrogen and oxygen atoms in total. The summed E-state index contributed by atoms with van der Waals surface area (Å²) in [6, 6.07) is 14.6. The van der Waals surface area contributed by atoms with Crippen LogP contribution in [-0.4, -0.2) is 48.0 Å². The second-order valence-electron chi connectivity index (χ2n) is 7.52. The van der Waals surface area contributed by atoms with Gasteiger partial charge in [0.15, 0.2) is 6.35 Å². The molecule has 25 heavy (non-hydrogen) atoms. The van der Waals surface area contributed by atoms with Crippen molar-refractivity contribution in [1.29, 1.82) is 0 Å². The normalized spacial score (nSPS) is 34.0. The third-order valence-corrected chi connectivity index (χ3v) is 6.07. The van der Waals surface area contributed by atoms with E-state index in [0.717, 1.165) is 24.5 Å². The van der Waals surface area contributed by atoms with Crippen molar-refractivity contribution in [2.75, 3.05) is 31.1 Å². The van der Waals surface area contributed by atoms with E-state index in [4.69, 9.17) is 10.5 Å². The Morgan fingerprint density at radius 2 is 1.84 bits per heavy atom. The van der Waals surface area contributed by atoms with Gasteiger partial charge in [0.1, 0.15) is 11.4 Å². The molecule has 4 saturated heterocycles. The molecule has 5 heteroatoms. The summed E-state index contributed by atoms with van der Waals surface area (Å²) in [4.78, 5) is 9.24. The maximum Gasteiger partial charge on any atom is 0.186 e. The van der Waals surface area contributed by atoms with Crippen LogP contribution >= 0.6 is 0 Å². The molecule has 1 aromatic carbocycles. The summed E-state index contributed by atoms with van der Waals surface area (Å²) in [6.45, 7) is 4.24. The lowest BCUT2D eigenvalue weighted by molar-refractivity contribution is -0.137. The molecular weight excluding hydrogens is 312 g/mol. The van der Waals surface area contributed by atoms with Gasteiger partial charge in [0.05, 0.1) is 6.54 Å². The lowest BCUT2D eigenvalue weighted by atomic mass is 9.75. The van der Waals surface area contributed by atoms with Crippen LogP contribution in [0.3, 0.4) is 0 Å². The maximum atomic E-state index is 6.38. The lowest BCUT2D eigenvalue weighted by Gasteiger charge is -2.50. The van der Waals surface area contributed by atoms with Crippen molar-refractivity contribution in [2.45, 2.75) is 24.8 Å². The fourth-order valence-corrected chi connectivity index (χ4v) is 4.75. The molecule has 1 spiro atoms. The van der Waals surface area contributed by atoms with Gasteiger partial charge in [0, 0.05) is 12.7 Å². The first-order valence-electron chi connectivity index (χ1n) is 9.17. The van der Waals surface area contributed by atoms with Gasteiger partial charge in [0.2, 0.25) is 0 Å². The molecule has 0 aliphatic carbocycles. The van der Waals surface area contributed by atoms with Gasteiger partial charge in [-0.05, 0) is 55.1 Å². The quantitative estimate of drug-likeness (QED) is 0.912. The van der Waals surface area contributed by atoms with E-state index < -0.39 is 6.35 Å². The number of pyridine rings is 1. The third kappa shape index (κ3) is 2.54. The smallest absolute Gasteiger partial charge is 0.186 e. The molecule has 4 aliphatic heterocycles. The Morgan fingerprint density at radius 3 is 2.56 bits per heavy atom. The average Bonchev–Trinajstić information content (AvgIpc) is 2.99. The molecular formula is C20H24N4O. The molecule has 1 aromatic heterocycles. The fourth-order valence-electron chi connectivity index (χ4n) is 4.75. The molecule has 4 fully saturated rings. The molecule has 2 N–H and O–H groups in total. The summed E-state index contributed by atoms with van der Waals surface area (Å²) in [7, 11) is 0. The molecule has 0 saturated carbocycles. The van der Waals surface area contributed by atoms with Crippen LogP contribution in [0.2, 0.25) is 0 Å². The van der Waals surface area contributed by atoms with Gasteiger partial charge in [-0.25, -0.2) is 4.98 Å². The van der Waals surface area contributed by atoms with Crippen molar-refractivity contribution >= 4 is 5.82 Å². The Morgan fingerprint density at radius 1 is 1.04 bits per heavy atom.